The van der Waals surface area contributed by atoms with Crippen LogP contribution in [0, 0.1) is 6.92 Å². The number of nitrogens with zero attached hydrogens (tertiary/aromatic N) is 1. The van der Waals surface area contributed by atoms with Crippen LogP contribution in [0.4, 0.5) is 29.3 Å². The van der Waals surface area contributed by atoms with E-state index in [0.29, 0.717) is 5.69 Å². The van der Waals surface area contributed by atoms with Crippen LogP contribution in [0.3, 0.4) is 0 Å². The molecule has 0 bridgehead atoms. The molecular formula is C16H13F3N4O. The summed E-state index contributed by atoms with van der Waals surface area (Å²) >= 11 is 0. The second-order valence-electron chi connectivity index (χ2n) is 5.24. The van der Waals surface area contributed by atoms with Gasteiger partial charge in [-0.2, -0.15) is 13.2 Å². The summed E-state index contributed by atoms with van der Waals surface area (Å²) in [5, 5.41) is 4.96. The van der Waals surface area contributed by atoms with Gasteiger partial charge in [-0.05, 0) is 42.8 Å². The first kappa shape index (κ1) is 15.9. The number of aromatic nitrogens is 2. The number of rotatable bonds is 2. The molecule has 0 saturated carbocycles. The van der Waals surface area contributed by atoms with Crippen LogP contribution in [-0.2, 0) is 6.18 Å². The lowest BCUT2D eigenvalue weighted by atomic mass is 10.1. The van der Waals surface area contributed by atoms with E-state index in [1.54, 1.807) is 18.2 Å². The van der Waals surface area contributed by atoms with Crippen molar-refractivity contribution in [2.45, 2.75) is 13.1 Å². The smallest absolute Gasteiger partial charge is 0.345 e. The van der Waals surface area contributed by atoms with Crippen molar-refractivity contribution in [3.8, 4) is 0 Å². The molecule has 1 heterocycles. The van der Waals surface area contributed by atoms with Crippen LogP contribution in [0.25, 0.3) is 11.0 Å². The number of hydrogen-bond donors (Lipinski definition) is 3. The Labute approximate surface area is 134 Å². The predicted molar refractivity (Wildman–Crippen MR) is 84.9 cm³/mol. The van der Waals surface area contributed by atoms with Gasteiger partial charge in [0.2, 0.25) is 0 Å². The monoisotopic (exact) mass is 334 g/mol. The van der Waals surface area contributed by atoms with Crippen LogP contribution in [0.5, 0.6) is 0 Å². The highest BCUT2D eigenvalue weighted by Gasteiger charge is 2.32. The number of urea groups is 1. The zero-order valence-corrected chi connectivity index (χ0v) is 12.5. The molecule has 124 valence electrons. The maximum atomic E-state index is 12.9. The number of aromatic amines is 1. The molecule has 3 rings (SSSR count). The van der Waals surface area contributed by atoms with E-state index in [1.165, 1.54) is 25.4 Å². The first-order valence-electron chi connectivity index (χ1n) is 7.02. The second kappa shape index (κ2) is 5.88. The Bertz CT molecular complexity index is 902. The summed E-state index contributed by atoms with van der Waals surface area (Å²) < 4.78 is 38.7. The van der Waals surface area contributed by atoms with Crippen molar-refractivity contribution >= 4 is 28.4 Å². The number of H-pyrrole nitrogens is 1. The Kier molecular flexibility index (Phi) is 3.88. The fraction of sp³-hybridized carbons (Fsp3) is 0.125. The molecule has 24 heavy (non-hydrogen) atoms. The number of aryl methyl sites for hydroxylation is 1. The second-order valence-corrected chi connectivity index (χ2v) is 5.24. The molecule has 3 aromatic rings. The Morgan fingerprint density at radius 1 is 1.08 bits per heavy atom. The summed E-state index contributed by atoms with van der Waals surface area (Å²) in [6.07, 6.45) is -2.94. The number of imidazole rings is 1. The summed E-state index contributed by atoms with van der Waals surface area (Å²) in [6, 6.07) is 8.06. The van der Waals surface area contributed by atoms with Crippen molar-refractivity contribution in [3.63, 3.8) is 0 Å². The van der Waals surface area contributed by atoms with E-state index in [9.17, 15) is 18.0 Å². The minimum absolute atomic E-state index is 0.0630. The van der Waals surface area contributed by atoms with Crippen LogP contribution in [-0.4, -0.2) is 16.0 Å². The number of carbonyl (C=O) groups excluding carboxylic acids is 1. The fourth-order valence-electron chi connectivity index (χ4n) is 2.31. The average molecular weight is 334 g/mol. The molecular weight excluding hydrogens is 321 g/mol. The fourth-order valence-corrected chi connectivity index (χ4v) is 2.31. The molecule has 0 saturated heterocycles. The number of benzene rings is 2. The third kappa shape index (κ3) is 3.32. The largest absolute Gasteiger partial charge is 0.416 e. The van der Waals surface area contributed by atoms with E-state index in [1.807, 2.05) is 0 Å². The van der Waals surface area contributed by atoms with E-state index >= 15 is 0 Å². The molecule has 0 spiro atoms. The summed E-state index contributed by atoms with van der Waals surface area (Å²) in [6.45, 7) is 1.37. The van der Waals surface area contributed by atoms with Gasteiger partial charge in [0.05, 0.1) is 22.9 Å². The molecule has 0 aliphatic carbocycles. The number of alkyl halides is 3. The number of halogens is 3. The van der Waals surface area contributed by atoms with Crippen LogP contribution in [0.1, 0.15) is 11.1 Å². The third-order valence-corrected chi connectivity index (χ3v) is 3.48. The normalized spacial score (nSPS) is 11.5. The van der Waals surface area contributed by atoms with E-state index in [2.05, 4.69) is 20.6 Å². The van der Waals surface area contributed by atoms with E-state index in [-0.39, 0.29) is 11.3 Å². The molecule has 0 unspecified atom stereocenters. The Hall–Kier alpha value is -3.03. The summed E-state index contributed by atoms with van der Waals surface area (Å²) in [4.78, 5) is 18.9. The van der Waals surface area contributed by atoms with Crippen LogP contribution in [0.15, 0.2) is 42.7 Å². The lowest BCUT2D eigenvalue weighted by Gasteiger charge is -2.13. The van der Waals surface area contributed by atoms with Crippen LogP contribution in [0.2, 0.25) is 0 Å². The van der Waals surface area contributed by atoms with Crippen molar-refractivity contribution in [3.05, 3.63) is 53.9 Å². The lowest BCUT2D eigenvalue weighted by Crippen LogP contribution is -2.20. The van der Waals surface area contributed by atoms with Crippen molar-refractivity contribution in [1.29, 1.82) is 0 Å². The highest BCUT2D eigenvalue weighted by molar-refractivity contribution is 6.00. The summed E-state index contributed by atoms with van der Waals surface area (Å²) in [5.41, 5.74) is 1.36. The lowest BCUT2D eigenvalue weighted by molar-refractivity contribution is -0.138. The van der Waals surface area contributed by atoms with Gasteiger partial charge in [0.15, 0.2) is 0 Å². The van der Waals surface area contributed by atoms with Gasteiger partial charge in [-0.15, -0.1) is 0 Å². The van der Waals surface area contributed by atoms with Gasteiger partial charge in [0.25, 0.3) is 0 Å². The molecule has 0 aliphatic heterocycles. The average Bonchev–Trinajstić information content (AvgIpc) is 2.95. The molecule has 2 aromatic carbocycles. The molecule has 1 aromatic heterocycles. The number of amides is 2. The first-order chi connectivity index (χ1) is 11.3. The van der Waals surface area contributed by atoms with E-state index in [0.717, 1.165) is 17.1 Å². The third-order valence-electron chi connectivity index (χ3n) is 3.48. The van der Waals surface area contributed by atoms with E-state index in [4.69, 9.17) is 0 Å². The molecule has 0 fully saturated rings. The van der Waals surface area contributed by atoms with Gasteiger partial charge in [0.1, 0.15) is 0 Å². The summed E-state index contributed by atoms with van der Waals surface area (Å²) in [5.74, 6) is 0. The standard InChI is InChI=1S/C16H13F3N4O/c1-9-2-3-10(6-12(9)16(17,18)19)22-15(24)23-11-4-5-13-14(7-11)21-8-20-13/h2-8H,1H3,(H,20,21)(H2,22,23,24). The van der Waals surface area contributed by atoms with Gasteiger partial charge in [0, 0.05) is 11.4 Å². The maximum Gasteiger partial charge on any atom is 0.416 e. The van der Waals surface area contributed by atoms with Gasteiger partial charge >= 0.3 is 12.2 Å². The zero-order valence-electron chi connectivity index (χ0n) is 12.5. The van der Waals surface area contributed by atoms with Crippen LogP contribution >= 0.6 is 0 Å². The van der Waals surface area contributed by atoms with Crippen molar-refractivity contribution < 1.29 is 18.0 Å². The molecule has 0 aliphatic rings. The molecule has 0 atom stereocenters. The van der Waals surface area contributed by atoms with Crippen molar-refractivity contribution in [2.75, 3.05) is 10.6 Å². The Balaban J connectivity index is 1.75. The number of carbonyl (C=O) groups is 1. The highest BCUT2D eigenvalue weighted by Crippen LogP contribution is 2.33. The van der Waals surface area contributed by atoms with Crippen molar-refractivity contribution in [2.24, 2.45) is 0 Å². The number of fused-ring (bicyclic) bond motifs is 1. The maximum absolute atomic E-state index is 12.9. The van der Waals surface area contributed by atoms with E-state index < -0.39 is 17.8 Å². The number of nitrogens with one attached hydrogen (secondary N) is 3. The number of anilines is 2. The van der Waals surface area contributed by atoms with Gasteiger partial charge < -0.3 is 15.6 Å². The quantitative estimate of drug-likeness (QED) is 0.644. The van der Waals surface area contributed by atoms with Crippen molar-refractivity contribution in [1.82, 2.24) is 9.97 Å². The topological polar surface area (TPSA) is 69.8 Å². The highest BCUT2D eigenvalue weighted by atomic mass is 19.4. The van der Waals surface area contributed by atoms with Gasteiger partial charge in [-0.25, -0.2) is 9.78 Å². The molecule has 3 N–H and O–H groups in total. The molecule has 0 radical (unpaired) electrons. The molecule has 8 heteroatoms. The van der Waals surface area contributed by atoms with Gasteiger partial charge in [-0.3, -0.25) is 0 Å². The zero-order chi connectivity index (χ0) is 17.3. The first-order valence-corrected chi connectivity index (χ1v) is 7.02. The van der Waals surface area contributed by atoms with Crippen LogP contribution < -0.4 is 10.6 Å². The minimum atomic E-state index is -4.47. The summed E-state index contributed by atoms with van der Waals surface area (Å²) in [7, 11) is 0. The SMILES string of the molecule is Cc1ccc(NC(=O)Nc2ccc3nc[nH]c3c2)cc1C(F)(F)F. The predicted octanol–water partition coefficient (Wildman–Crippen LogP) is 4.53. The van der Waals surface area contributed by atoms with Gasteiger partial charge in [-0.1, -0.05) is 6.07 Å². The number of hydrogen-bond acceptors (Lipinski definition) is 2. The minimum Gasteiger partial charge on any atom is -0.345 e. The molecule has 5 nitrogen and oxygen atoms in total. The Morgan fingerprint density at radius 2 is 1.75 bits per heavy atom. The molecule has 2 amide bonds. The Morgan fingerprint density at radius 3 is 2.46 bits per heavy atom.